The Kier molecular flexibility index (Phi) is 5.26. The summed E-state index contributed by atoms with van der Waals surface area (Å²) in [7, 11) is 0. The normalized spacial score (nSPS) is 10.3. The third kappa shape index (κ3) is 3.57. The number of fused-ring (bicyclic) bond motifs is 1. The molecule has 3 aromatic carbocycles. The minimum absolute atomic E-state index is 0. The molecule has 0 spiro atoms. The van der Waals surface area contributed by atoms with Gasteiger partial charge in [-0.25, -0.2) is 9.97 Å². The minimum Gasteiger partial charge on any atom is -0.508 e. The Morgan fingerprint density at radius 3 is 2.42 bits per heavy atom. The average molecular weight is 384 g/mol. The number of nitrogens with one attached hydrogen (secondary N) is 1. The number of benzene rings is 3. The monoisotopic (exact) mass is 383 g/mol. The molecule has 4 aromatic rings. The summed E-state index contributed by atoms with van der Waals surface area (Å²) >= 11 is 6.31. The molecular weight excluding hydrogens is 369 g/mol. The molecule has 0 unspecified atom stereocenters. The highest BCUT2D eigenvalue weighted by Crippen LogP contribution is 2.30. The van der Waals surface area contributed by atoms with Crippen molar-refractivity contribution in [2.24, 2.45) is 0 Å². The highest BCUT2D eigenvalue weighted by molar-refractivity contribution is 6.33. The summed E-state index contributed by atoms with van der Waals surface area (Å²) < 4.78 is 0. The molecule has 1 aromatic heterocycles. The van der Waals surface area contributed by atoms with E-state index in [2.05, 4.69) is 15.3 Å². The van der Waals surface area contributed by atoms with Gasteiger partial charge in [-0.1, -0.05) is 41.9 Å². The Hall–Kier alpha value is -2.82. The van der Waals surface area contributed by atoms with Gasteiger partial charge in [0.05, 0.1) is 10.5 Å². The lowest BCUT2D eigenvalue weighted by Crippen LogP contribution is -1.99. The summed E-state index contributed by atoms with van der Waals surface area (Å²) in [6.45, 7) is 0. The molecule has 0 atom stereocenters. The van der Waals surface area contributed by atoms with E-state index >= 15 is 0 Å². The first-order valence-corrected chi connectivity index (χ1v) is 8.16. The number of rotatable bonds is 3. The fourth-order valence-corrected chi connectivity index (χ4v) is 2.88. The molecule has 1 heterocycles. The molecule has 6 heteroatoms. The van der Waals surface area contributed by atoms with E-state index in [1.807, 2.05) is 54.6 Å². The highest BCUT2D eigenvalue weighted by atomic mass is 35.5. The van der Waals surface area contributed by atoms with E-state index in [1.165, 1.54) is 0 Å². The first-order valence-electron chi connectivity index (χ1n) is 7.78. The van der Waals surface area contributed by atoms with Crippen LogP contribution >= 0.6 is 24.0 Å². The maximum Gasteiger partial charge on any atom is 0.163 e. The van der Waals surface area contributed by atoms with E-state index in [-0.39, 0.29) is 18.2 Å². The molecule has 0 amide bonds. The summed E-state index contributed by atoms with van der Waals surface area (Å²) in [6.07, 6.45) is 0. The van der Waals surface area contributed by atoms with Crippen molar-refractivity contribution in [3.63, 3.8) is 0 Å². The molecular formula is C20H15Cl2N3O. The van der Waals surface area contributed by atoms with E-state index < -0.39 is 0 Å². The summed E-state index contributed by atoms with van der Waals surface area (Å²) in [4.78, 5) is 9.31. The van der Waals surface area contributed by atoms with Crippen LogP contribution in [0.2, 0.25) is 5.02 Å². The fraction of sp³-hybridized carbons (Fsp3) is 0. The van der Waals surface area contributed by atoms with E-state index in [0.29, 0.717) is 16.7 Å². The van der Waals surface area contributed by atoms with Crippen molar-refractivity contribution in [3.05, 3.63) is 77.8 Å². The van der Waals surface area contributed by atoms with Gasteiger partial charge in [-0.15, -0.1) is 12.4 Å². The Balaban J connectivity index is 0.00000196. The van der Waals surface area contributed by atoms with Gasteiger partial charge in [0, 0.05) is 22.7 Å². The van der Waals surface area contributed by atoms with Gasteiger partial charge in [-0.2, -0.15) is 0 Å². The van der Waals surface area contributed by atoms with Gasteiger partial charge in [0.25, 0.3) is 0 Å². The maximum atomic E-state index is 9.68. The van der Waals surface area contributed by atoms with E-state index in [4.69, 9.17) is 11.6 Å². The van der Waals surface area contributed by atoms with E-state index in [9.17, 15) is 5.11 Å². The summed E-state index contributed by atoms with van der Waals surface area (Å²) in [6, 6.07) is 22.2. The van der Waals surface area contributed by atoms with Crippen LogP contribution in [0.5, 0.6) is 5.75 Å². The van der Waals surface area contributed by atoms with Gasteiger partial charge in [0.1, 0.15) is 11.6 Å². The van der Waals surface area contributed by atoms with Crippen LogP contribution in [0.4, 0.5) is 11.5 Å². The molecule has 0 bridgehead atoms. The van der Waals surface area contributed by atoms with Crippen LogP contribution in [0.25, 0.3) is 22.3 Å². The quantitative estimate of drug-likeness (QED) is 0.467. The van der Waals surface area contributed by atoms with Gasteiger partial charge in [-0.3, -0.25) is 0 Å². The van der Waals surface area contributed by atoms with Crippen molar-refractivity contribution in [1.82, 2.24) is 9.97 Å². The predicted molar refractivity (Wildman–Crippen MR) is 109 cm³/mol. The Morgan fingerprint density at radius 1 is 0.846 bits per heavy atom. The van der Waals surface area contributed by atoms with E-state index in [0.717, 1.165) is 22.2 Å². The van der Waals surface area contributed by atoms with Crippen LogP contribution in [-0.4, -0.2) is 15.1 Å². The van der Waals surface area contributed by atoms with Gasteiger partial charge < -0.3 is 10.4 Å². The standard InChI is InChI=1S/C20H14ClN3O.ClH/c21-17-10-3-1-8-15(17)19-23-18-11-4-2-9-16(18)20(24-19)22-13-6-5-7-14(25)12-13;/h1-12,25H,(H,22,23,24);1H. The number of halogens is 2. The second-order valence-corrected chi connectivity index (χ2v) is 5.98. The maximum absolute atomic E-state index is 9.68. The van der Waals surface area contributed by atoms with Crippen LogP contribution in [0.1, 0.15) is 0 Å². The average Bonchev–Trinajstić information content (AvgIpc) is 2.62. The molecule has 0 saturated heterocycles. The van der Waals surface area contributed by atoms with Gasteiger partial charge in [0.2, 0.25) is 0 Å². The first kappa shape index (κ1) is 18.0. The second kappa shape index (κ2) is 7.60. The zero-order valence-electron chi connectivity index (χ0n) is 13.6. The zero-order valence-corrected chi connectivity index (χ0v) is 15.1. The van der Waals surface area contributed by atoms with Crippen LogP contribution in [-0.2, 0) is 0 Å². The molecule has 0 saturated carbocycles. The number of nitrogens with zero attached hydrogens (tertiary/aromatic N) is 2. The lowest BCUT2D eigenvalue weighted by Gasteiger charge is -2.12. The molecule has 0 aliphatic heterocycles. The molecule has 2 N–H and O–H groups in total. The Bertz CT molecular complexity index is 1070. The van der Waals surface area contributed by atoms with E-state index in [1.54, 1.807) is 18.2 Å². The molecule has 0 radical (unpaired) electrons. The fourth-order valence-electron chi connectivity index (χ4n) is 2.66. The third-order valence-electron chi connectivity index (χ3n) is 3.83. The van der Waals surface area contributed by atoms with Crippen molar-refractivity contribution in [3.8, 4) is 17.1 Å². The molecule has 0 aliphatic rings. The predicted octanol–water partition coefficient (Wildman–Crippen LogP) is 5.82. The molecule has 4 rings (SSSR count). The molecule has 0 fully saturated rings. The summed E-state index contributed by atoms with van der Waals surface area (Å²) in [5.41, 5.74) is 2.33. The first-order chi connectivity index (χ1) is 12.2. The Morgan fingerprint density at radius 2 is 1.62 bits per heavy atom. The van der Waals surface area contributed by atoms with Crippen LogP contribution in [0.15, 0.2) is 72.8 Å². The van der Waals surface area contributed by atoms with Gasteiger partial charge in [-0.05, 0) is 36.4 Å². The van der Waals surface area contributed by atoms with Crippen LogP contribution in [0.3, 0.4) is 0 Å². The van der Waals surface area contributed by atoms with Crippen LogP contribution < -0.4 is 5.32 Å². The lowest BCUT2D eigenvalue weighted by molar-refractivity contribution is 0.475. The zero-order chi connectivity index (χ0) is 17.2. The van der Waals surface area contributed by atoms with Crippen LogP contribution in [0, 0.1) is 0 Å². The number of phenolic OH excluding ortho intramolecular Hbond substituents is 1. The van der Waals surface area contributed by atoms with Crippen molar-refractivity contribution < 1.29 is 5.11 Å². The van der Waals surface area contributed by atoms with Crippen molar-refractivity contribution in [2.45, 2.75) is 0 Å². The van der Waals surface area contributed by atoms with Gasteiger partial charge in [0.15, 0.2) is 5.82 Å². The number of aromatic hydroxyl groups is 1. The Labute approximate surface area is 161 Å². The third-order valence-corrected chi connectivity index (χ3v) is 4.16. The minimum atomic E-state index is 0. The second-order valence-electron chi connectivity index (χ2n) is 5.57. The van der Waals surface area contributed by atoms with Crippen molar-refractivity contribution >= 4 is 46.4 Å². The topological polar surface area (TPSA) is 58.0 Å². The number of phenols is 1. The smallest absolute Gasteiger partial charge is 0.163 e. The number of hydrogen-bond acceptors (Lipinski definition) is 4. The summed E-state index contributed by atoms with van der Waals surface area (Å²) in [5, 5.41) is 14.4. The number of para-hydroxylation sites is 1. The molecule has 0 aliphatic carbocycles. The van der Waals surface area contributed by atoms with Crippen molar-refractivity contribution in [2.75, 3.05) is 5.32 Å². The SMILES string of the molecule is Cl.Oc1cccc(Nc2nc(-c3ccccc3Cl)nc3ccccc23)c1. The largest absolute Gasteiger partial charge is 0.508 e. The lowest BCUT2D eigenvalue weighted by atomic mass is 10.1. The highest BCUT2D eigenvalue weighted by Gasteiger charge is 2.12. The number of anilines is 2. The number of hydrogen-bond donors (Lipinski definition) is 2. The molecule has 26 heavy (non-hydrogen) atoms. The van der Waals surface area contributed by atoms with Gasteiger partial charge >= 0.3 is 0 Å². The molecule has 130 valence electrons. The molecule has 4 nitrogen and oxygen atoms in total. The number of aromatic nitrogens is 2. The van der Waals surface area contributed by atoms with Crippen molar-refractivity contribution in [1.29, 1.82) is 0 Å². The summed E-state index contributed by atoms with van der Waals surface area (Å²) in [5.74, 6) is 1.40.